The molecule has 0 saturated carbocycles. The van der Waals surface area contributed by atoms with Gasteiger partial charge in [0, 0.05) is 24.0 Å². The number of carbonyl (C=O) groups is 1. The summed E-state index contributed by atoms with van der Waals surface area (Å²) < 4.78 is 0. The summed E-state index contributed by atoms with van der Waals surface area (Å²) in [7, 11) is 1.63. The highest BCUT2D eigenvalue weighted by Crippen LogP contribution is 2.25. The van der Waals surface area contributed by atoms with E-state index < -0.39 is 0 Å². The number of nitrogens with one attached hydrogen (secondary N) is 1. The number of aromatic nitrogens is 1. The maximum Gasteiger partial charge on any atom is 0.251 e. The first-order chi connectivity index (χ1) is 8.81. The van der Waals surface area contributed by atoms with Crippen molar-refractivity contribution in [1.82, 2.24) is 10.3 Å². The lowest BCUT2D eigenvalue weighted by molar-refractivity contribution is 0.0964. The molecule has 3 aromatic rings. The molecule has 1 amide bonds. The SMILES string of the molecule is CNC(=O)c1ccnc2c1ccc1ccccc12. The lowest BCUT2D eigenvalue weighted by atomic mass is 10.0. The minimum absolute atomic E-state index is 0.0855. The fourth-order valence-corrected chi connectivity index (χ4v) is 2.22. The third-order valence-electron chi connectivity index (χ3n) is 3.11. The van der Waals surface area contributed by atoms with E-state index in [1.165, 1.54) is 0 Å². The van der Waals surface area contributed by atoms with Crippen molar-refractivity contribution in [3.8, 4) is 0 Å². The molecule has 3 rings (SSSR count). The van der Waals surface area contributed by atoms with E-state index in [1.54, 1.807) is 19.3 Å². The summed E-state index contributed by atoms with van der Waals surface area (Å²) in [4.78, 5) is 16.2. The second-order valence-corrected chi connectivity index (χ2v) is 4.12. The number of nitrogens with zero attached hydrogens (tertiary/aromatic N) is 1. The molecule has 0 saturated heterocycles. The summed E-state index contributed by atoms with van der Waals surface area (Å²) in [6.07, 6.45) is 1.68. The Hall–Kier alpha value is -2.42. The van der Waals surface area contributed by atoms with Crippen molar-refractivity contribution in [2.75, 3.05) is 7.05 Å². The molecule has 0 unspecified atom stereocenters. The minimum Gasteiger partial charge on any atom is -0.355 e. The van der Waals surface area contributed by atoms with Gasteiger partial charge in [0.2, 0.25) is 0 Å². The number of rotatable bonds is 1. The summed E-state index contributed by atoms with van der Waals surface area (Å²) in [6, 6.07) is 13.8. The van der Waals surface area contributed by atoms with Crippen LogP contribution in [0.25, 0.3) is 21.7 Å². The van der Waals surface area contributed by atoms with E-state index in [0.717, 1.165) is 21.7 Å². The molecule has 0 fully saturated rings. The number of carbonyl (C=O) groups excluding carboxylic acids is 1. The zero-order valence-electron chi connectivity index (χ0n) is 9.97. The highest BCUT2D eigenvalue weighted by Gasteiger charge is 2.10. The van der Waals surface area contributed by atoms with Crippen LogP contribution in [0.5, 0.6) is 0 Å². The standard InChI is InChI=1S/C15H12N2O/c1-16-15(18)13-8-9-17-14-11-5-3-2-4-10(11)6-7-12(13)14/h2-9H,1H3,(H,16,18). The minimum atomic E-state index is -0.0855. The molecule has 2 aromatic carbocycles. The molecule has 1 heterocycles. The predicted octanol–water partition coefficient (Wildman–Crippen LogP) is 2.75. The quantitative estimate of drug-likeness (QED) is 0.660. The number of pyridine rings is 1. The summed E-state index contributed by atoms with van der Waals surface area (Å²) in [5, 5.41) is 5.74. The van der Waals surface area contributed by atoms with Gasteiger partial charge in [0.25, 0.3) is 5.91 Å². The maximum absolute atomic E-state index is 11.8. The monoisotopic (exact) mass is 236 g/mol. The molecule has 3 heteroatoms. The van der Waals surface area contributed by atoms with Crippen molar-refractivity contribution in [2.24, 2.45) is 0 Å². The first-order valence-electron chi connectivity index (χ1n) is 5.80. The fraction of sp³-hybridized carbons (Fsp3) is 0.0667. The highest BCUT2D eigenvalue weighted by molar-refractivity contribution is 6.13. The Morgan fingerprint density at radius 3 is 2.72 bits per heavy atom. The zero-order valence-corrected chi connectivity index (χ0v) is 9.97. The smallest absolute Gasteiger partial charge is 0.251 e. The Bertz CT molecular complexity index is 750. The van der Waals surface area contributed by atoms with Gasteiger partial charge < -0.3 is 5.32 Å². The lowest BCUT2D eigenvalue weighted by Crippen LogP contribution is -2.18. The molecule has 18 heavy (non-hydrogen) atoms. The van der Waals surface area contributed by atoms with Crippen LogP contribution in [-0.2, 0) is 0 Å². The first kappa shape index (κ1) is 10.7. The zero-order chi connectivity index (χ0) is 12.5. The molecule has 0 aliphatic carbocycles. The molecule has 3 nitrogen and oxygen atoms in total. The maximum atomic E-state index is 11.8. The van der Waals surface area contributed by atoms with Gasteiger partial charge in [-0.05, 0) is 11.5 Å². The van der Waals surface area contributed by atoms with Gasteiger partial charge in [-0.25, -0.2) is 0 Å². The van der Waals surface area contributed by atoms with E-state index in [-0.39, 0.29) is 5.91 Å². The molecule has 0 atom stereocenters. The summed E-state index contributed by atoms with van der Waals surface area (Å²) >= 11 is 0. The Morgan fingerprint density at radius 1 is 1.06 bits per heavy atom. The third-order valence-corrected chi connectivity index (χ3v) is 3.11. The normalized spacial score (nSPS) is 10.7. The van der Waals surface area contributed by atoms with Crippen LogP contribution in [0.1, 0.15) is 10.4 Å². The van der Waals surface area contributed by atoms with Gasteiger partial charge in [0.1, 0.15) is 0 Å². The molecule has 0 radical (unpaired) electrons. The van der Waals surface area contributed by atoms with Crippen molar-refractivity contribution in [2.45, 2.75) is 0 Å². The summed E-state index contributed by atoms with van der Waals surface area (Å²) in [5.74, 6) is -0.0855. The van der Waals surface area contributed by atoms with Crippen LogP contribution in [0.3, 0.4) is 0 Å². The van der Waals surface area contributed by atoms with Gasteiger partial charge in [0.05, 0.1) is 11.1 Å². The first-order valence-corrected chi connectivity index (χ1v) is 5.80. The highest BCUT2D eigenvalue weighted by atomic mass is 16.1. The van der Waals surface area contributed by atoms with E-state index in [4.69, 9.17) is 0 Å². The Balaban J connectivity index is 2.43. The third kappa shape index (κ3) is 1.52. The number of hydrogen-bond acceptors (Lipinski definition) is 2. The molecule has 0 bridgehead atoms. The number of amides is 1. The summed E-state index contributed by atoms with van der Waals surface area (Å²) in [6.45, 7) is 0. The van der Waals surface area contributed by atoms with E-state index in [1.807, 2.05) is 36.4 Å². The molecule has 1 N–H and O–H groups in total. The van der Waals surface area contributed by atoms with Crippen LogP contribution in [0, 0.1) is 0 Å². The van der Waals surface area contributed by atoms with Crippen LogP contribution in [-0.4, -0.2) is 17.9 Å². The number of fused-ring (bicyclic) bond motifs is 3. The fourth-order valence-electron chi connectivity index (χ4n) is 2.22. The van der Waals surface area contributed by atoms with Gasteiger partial charge >= 0.3 is 0 Å². The van der Waals surface area contributed by atoms with E-state index in [0.29, 0.717) is 5.56 Å². The number of hydrogen-bond donors (Lipinski definition) is 1. The van der Waals surface area contributed by atoms with Gasteiger partial charge in [-0.2, -0.15) is 0 Å². The van der Waals surface area contributed by atoms with Crippen LogP contribution in [0.15, 0.2) is 48.7 Å². The molecule has 0 spiro atoms. The van der Waals surface area contributed by atoms with Crippen LogP contribution in [0.2, 0.25) is 0 Å². The van der Waals surface area contributed by atoms with Crippen molar-refractivity contribution < 1.29 is 4.79 Å². The van der Waals surface area contributed by atoms with Crippen molar-refractivity contribution in [1.29, 1.82) is 0 Å². The van der Waals surface area contributed by atoms with Gasteiger partial charge in [-0.1, -0.05) is 36.4 Å². The average molecular weight is 236 g/mol. The van der Waals surface area contributed by atoms with Gasteiger partial charge in [-0.15, -0.1) is 0 Å². The lowest BCUT2D eigenvalue weighted by Gasteiger charge is -2.07. The molecular formula is C15H12N2O. The van der Waals surface area contributed by atoms with Crippen molar-refractivity contribution in [3.05, 3.63) is 54.2 Å². The largest absolute Gasteiger partial charge is 0.355 e. The van der Waals surface area contributed by atoms with Crippen LogP contribution < -0.4 is 5.32 Å². The van der Waals surface area contributed by atoms with E-state index >= 15 is 0 Å². The molecule has 88 valence electrons. The number of benzene rings is 2. The summed E-state index contributed by atoms with van der Waals surface area (Å²) in [5.41, 5.74) is 1.53. The van der Waals surface area contributed by atoms with Gasteiger partial charge in [-0.3, -0.25) is 9.78 Å². The Morgan fingerprint density at radius 2 is 1.89 bits per heavy atom. The Kier molecular flexibility index (Phi) is 2.45. The van der Waals surface area contributed by atoms with Crippen molar-refractivity contribution >= 4 is 27.6 Å². The van der Waals surface area contributed by atoms with Crippen LogP contribution in [0.4, 0.5) is 0 Å². The van der Waals surface area contributed by atoms with Gasteiger partial charge in [0.15, 0.2) is 0 Å². The Labute approximate surface area is 104 Å². The van der Waals surface area contributed by atoms with Crippen LogP contribution >= 0.6 is 0 Å². The molecular weight excluding hydrogens is 224 g/mol. The molecule has 0 aliphatic rings. The van der Waals surface area contributed by atoms with E-state index in [9.17, 15) is 4.79 Å². The average Bonchev–Trinajstić information content (AvgIpc) is 2.45. The predicted molar refractivity (Wildman–Crippen MR) is 72.6 cm³/mol. The topological polar surface area (TPSA) is 42.0 Å². The van der Waals surface area contributed by atoms with E-state index in [2.05, 4.69) is 10.3 Å². The molecule has 1 aromatic heterocycles. The second-order valence-electron chi connectivity index (χ2n) is 4.12. The molecule has 0 aliphatic heterocycles. The van der Waals surface area contributed by atoms with Crippen molar-refractivity contribution in [3.63, 3.8) is 0 Å². The second kappa shape index (κ2) is 4.11.